The summed E-state index contributed by atoms with van der Waals surface area (Å²) in [7, 11) is 0. The third-order valence-corrected chi connectivity index (χ3v) is 16.1. The van der Waals surface area contributed by atoms with Gasteiger partial charge in [-0.15, -0.1) is 0 Å². The van der Waals surface area contributed by atoms with Crippen molar-refractivity contribution in [2.45, 2.75) is 105 Å². The molecule has 3 aromatic heterocycles. The monoisotopic (exact) mass is 939 g/mol. The van der Waals surface area contributed by atoms with Gasteiger partial charge in [0, 0.05) is 37.0 Å². The van der Waals surface area contributed by atoms with Crippen molar-refractivity contribution in [2.75, 3.05) is 0 Å². The molecule has 0 bridgehead atoms. The van der Waals surface area contributed by atoms with Crippen molar-refractivity contribution in [3.05, 3.63) is 83.5 Å². The number of allylic oxidation sites excluding steroid dienone is 2. The molecule has 0 aliphatic heterocycles. The molecule has 52 heavy (non-hydrogen) atoms. The van der Waals surface area contributed by atoms with Crippen molar-refractivity contribution >= 4 is 67.2 Å². The standard InChI is InChI=1S/C29H26GeN3O.C15H28O2.Ir/c1-16-14-19-11-13-22-26(31-15-32-27(22)24(19)18(3)25(16)30(4,5)6)23-9-7-8-20-21-12-10-17(2)33-29(21)34-28(20)23;1-7-14(5,8-2)12(16)11-13(17)15(6,9-3)10-4;/h7-8,10-15H,1-6H3;11,16H,7-10H2,1-6H3;/q-1;;/b;12-11-;. The number of aliphatic hydroxyl groups excluding tert-OH is 1. The third kappa shape index (κ3) is 7.65. The molecule has 0 saturated carbocycles. The van der Waals surface area contributed by atoms with E-state index in [-0.39, 0.29) is 42.5 Å². The summed E-state index contributed by atoms with van der Waals surface area (Å²) in [6, 6.07) is 18.1. The number of fused-ring (bicyclic) bond motifs is 6. The van der Waals surface area contributed by atoms with E-state index < -0.39 is 13.3 Å². The van der Waals surface area contributed by atoms with Gasteiger partial charge in [-0.2, -0.15) is 0 Å². The molecule has 3 aromatic carbocycles. The summed E-state index contributed by atoms with van der Waals surface area (Å²) in [4.78, 5) is 26.3. The predicted octanol–water partition coefficient (Wildman–Crippen LogP) is 11.7. The van der Waals surface area contributed by atoms with Gasteiger partial charge in [-0.3, -0.25) is 4.79 Å². The average Bonchev–Trinajstić information content (AvgIpc) is 3.47. The first kappa shape index (κ1) is 41.4. The van der Waals surface area contributed by atoms with E-state index in [1.165, 1.54) is 28.0 Å². The predicted molar refractivity (Wildman–Crippen MR) is 217 cm³/mol. The fourth-order valence-electron chi connectivity index (χ4n) is 7.31. The molecule has 1 N–H and O–H groups in total. The summed E-state index contributed by atoms with van der Waals surface area (Å²) in [5, 5.41) is 15.6. The number of hydrogen-bond donors (Lipinski definition) is 1. The van der Waals surface area contributed by atoms with Crippen LogP contribution in [0.2, 0.25) is 17.3 Å². The van der Waals surface area contributed by atoms with Gasteiger partial charge in [0.15, 0.2) is 5.78 Å². The van der Waals surface area contributed by atoms with E-state index in [4.69, 9.17) is 14.4 Å². The van der Waals surface area contributed by atoms with Crippen molar-refractivity contribution in [3.63, 3.8) is 0 Å². The number of nitrogens with zero attached hydrogens (tertiary/aromatic N) is 3. The molecule has 0 saturated heterocycles. The first-order valence-corrected chi connectivity index (χ1v) is 25.7. The number of furan rings is 1. The van der Waals surface area contributed by atoms with Crippen LogP contribution in [0.4, 0.5) is 0 Å². The first-order chi connectivity index (χ1) is 24.0. The minimum atomic E-state index is -2.09. The molecule has 8 heteroatoms. The number of rotatable bonds is 9. The second-order valence-corrected chi connectivity index (χ2v) is 26.1. The normalized spacial score (nSPS) is 12.7. The number of pyridine rings is 1. The minimum Gasteiger partial charge on any atom is 0 e. The number of aliphatic hydroxyl groups is 1. The Kier molecular flexibility index (Phi) is 12.7. The van der Waals surface area contributed by atoms with Gasteiger partial charge in [-0.25, -0.2) is 0 Å². The Labute approximate surface area is 325 Å². The molecular formula is C44H54GeIrN3O3-. The van der Waals surface area contributed by atoms with E-state index >= 15 is 0 Å². The molecule has 0 aliphatic carbocycles. The fourth-order valence-corrected chi connectivity index (χ4v) is 12.6. The van der Waals surface area contributed by atoms with Crippen molar-refractivity contribution in [1.82, 2.24) is 15.0 Å². The number of hydrogen-bond acceptors (Lipinski definition) is 6. The molecular weight excluding hydrogens is 883 g/mol. The Morgan fingerprint density at radius 2 is 1.52 bits per heavy atom. The summed E-state index contributed by atoms with van der Waals surface area (Å²) < 4.78 is 7.83. The molecule has 6 rings (SSSR count). The van der Waals surface area contributed by atoms with Gasteiger partial charge in [-0.1, -0.05) is 41.5 Å². The summed E-state index contributed by atoms with van der Waals surface area (Å²) in [5.74, 6) is 7.66. The Morgan fingerprint density at radius 3 is 2.13 bits per heavy atom. The van der Waals surface area contributed by atoms with Crippen molar-refractivity contribution in [2.24, 2.45) is 10.8 Å². The van der Waals surface area contributed by atoms with E-state index in [0.29, 0.717) is 5.71 Å². The maximum absolute atomic E-state index is 12.2. The smallest absolute Gasteiger partial charge is 0 e. The van der Waals surface area contributed by atoms with Gasteiger partial charge < -0.3 is 5.11 Å². The molecule has 0 spiro atoms. The first-order valence-electron chi connectivity index (χ1n) is 18.4. The molecule has 0 fully saturated rings. The topological polar surface area (TPSA) is 89.1 Å². The van der Waals surface area contributed by atoms with Crippen LogP contribution in [0.3, 0.4) is 0 Å². The van der Waals surface area contributed by atoms with Crippen LogP contribution in [-0.4, -0.2) is 39.1 Å². The fraction of sp³-hybridized carbons (Fsp3) is 0.409. The van der Waals surface area contributed by atoms with E-state index in [2.05, 4.69) is 66.4 Å². The zero-order chi connectivity index (χ0) is 37.5. The number of benzene rings is 3. The van der Waals surface area contributed by atoms with Gasteiger partial charge in [0.05, 0.1) is 0 Å². The second kappa shape index (κ2) is 15.9. The Bertz CT molecular complexity index is 2290. The number of aryl methyl sites for hydroxylation is 3. The summed E-state index contributed by atoms with van der Waals surface area (Å²) in [6.07, 6.45) is 6.43. The Hall–Kier alpha value is -3.39. The van der Waals surface area contributed by atoms with Gasteiger partial charge >= 0.3 is 195 Å². The zero-order valence-corrected chi connectivity index (χ0v) is 37.5. The van der Waals surface area contributed by atoms with Crippen LogP contribution in [0.25, 0.3) is 55.0 Å². The number of carbonyl (C=O) groups excluding carboxylic acids is 1. The van der Waals surface area contributed by atoms with Crippen LogP contribution in [0.15, 0.2) is 65.0 Å². The number of ketones is 1. The van der Waals surface area contributed by atoms with Crippen molar-refractivity contribution < 1.29 is 34.4 Å². The SMILES string of the molecule is CCC(C)(CC)C(=O)/C=C(\O)C(C)(CC)CC.Cc1ccc2c(n1)oc1c(-c3ncnc4c3ccc3cc(C)[c]([Ge]([CH3])([CH3])[CH3])c(C)c34)[c-]ccc12.[Ir]. The number of carbonyl (C=O) groups is 1. The molecule has 0 unspecified atom stereocenters. The van der Waals surface area contributed by atoms with Gasteiger partial charge in [-0.05, 0) is 32.6 Å². The van der Waals surface area contributed by atoms with Crippen LogP contribution >= 0.6 is 0 Å². The Morgan fingerprint density at radius 1 is 0.885 bits per heavy atom. The van der Waals surface area contributed by atoms with E-state index in [1.807, 2.05) is 66.7 Å². The van der Waals surface area contributed by atoms with Crippen LogP contribution in [-0.2, 0) is 24.9 Å². The molecule has 0 amide bonds. The largest absolute Gasteiger partial charge is 0 e. The molecule has 0 atom stereocenters. The van der Waals surface area contributed by atoms with Crippen LogP contribution in [0.1, 0.15) is 84.0 Å². The molecule has 277 valence electrons. The summed E-state index contributed by atoms with van der Waals surface area (Å²) >= 11 is -2.09. The molecule has 6 nitrogen and oxygen atoms in total. The average molecular weight is 938 g/mol. The molecule has 6 aromatic rings. The second-order valence-electron chi connectivity index (χ2n) is 15.7. The van der Waals surface area contributed by atoms with Gasteiger partial charge in [0.25, 0.3) is 0 Å². The van der Waals surface area contributed by atoms with E-state index in [0.717, 1.165) is 69.9 Å². The Balaban J connectivity index is 0.000000289. The van der Waals surface area contributed by atoms with Gasteiger partial charge in [0.1, 0.15) is 5.76 Å². The summed E-state index contributed by atoms with van der Waals surface area (Å²) in [6.45, 7) is 18.6. The van der Waals surface area contributed by atoms with Gasteiger partial charge in [0.2, 0.25) is 0 Å². The minimum absolute atomic E-state index is 0. The maximum atomic E-state index is 12.2. The third-order valence-electron chi connectivity index (χ3n) is 11.4. The van der Waals surface area contributed by atoms with E-state index in [9.17, 15) is 9.90 Å². The maximum Gasteiger partial charge on any atom is 0 e. The summed E-state index contributed by atoms with van der Waals surface area (Å²) in [5.41, 5.74) is 7.18. The quantitative estimate of drug-likeness (QED) is 0.0511. The zero-order valence-electron chi connectivity index (χ0n) is 33.0. The molecule has 3 heterocycles. The van der Waals surface area contributed by atoms with E-state index in [1.54, 1.807) is 10.7 Å². The molecule has 0 aliphatic rings. The molecule has 1 radical (unpaired) electrons. The van der Waals surface area contributed by atoms with Crippen LogP contribution in [0.5, 0.6) is 0 Å². The van der Waals surface area contributed by atoms with Crippen LogP contribution < -0.4 is 4.40 Å². The van der Waals surface area contributed by atoms with Crippen molar-refractivity contribution in [3.8, 4) is 11.3 Å². The number of aromatic nitrogens is 3. The van der Waals surface area contributed by atoms with Crippen molar-refractivity contribution in [1.29, 1.82) is 0 Å². The van der Waals surface area contributed by atoms with Crippen LogP contribution in [0, 0.1) is 37.7 Å².